The Bertz CT molecular complexity index is 266. The van der Waals surface area contributed by atoms with Crippen molar-refractivity contribution in [1.29, 1.82) is 0 Å². The van der Waals surface area contributed by atoms with Crippen LogP contribution in [0.3, 0.4) is 0 Å². The zero-order valence-corrected chi connectivity index (χ0v) is 13.0. The minimum Gasteiger partial charge on any atom is -0.352 e. The number of carbonyl (C=O) groups excluding carboxylic acids is 1. The first-order valence-corrected chi connectivity index (χ1v) is 7.86. The highest BCUT2D eigenvalue weighted by atomic mass is 16.2. The van der Waals surface area contributed by atoms with E-state index < -0.39 is 0 Å². The highest BCUT2D eigenvalue weighted by molar-refractivity contribution is 5.81. The fourth-order valence-corrected chi connectivity index (χ4v) is 2.43. The third-order valence-electron chi connectivity index (χ3n) is 3.82. The number of nitrogens with one attached hydrogen (secondary N) is 2. The van der Waals surface area contributed by atoms with Gasteiger partial charge in [0.15, 0.2) is 0 Å². The first-order valence-electron chi connectivity index (χ1n) is 7.86. The number of hydrogen-bond donors (Lipinski definition) is 2. The fraction of sp³-hybridized carbons (Fsp3) is 0.933. The predicted octanol–water partition coefficient (Wildman–Crippen LogP) is 1.75. The van der Waals surface area contributed by atoms with Crippen LogP contribution in [0.2, 0.25) is 0 Å². The predicted molar refractivity (Wildman–Crippen MR) is 80.2 cm³/mol. The van der Waals surface area contributed by atoms with E-state index >= 15 is 0 Å². The van der Waals surface area contributed by atoms with Gasteiger partial charge in [-0.05, 0) is 39.7 Å². The van der Waals surface area contributed by atoms with Crippen LogP contribution in [0.1, 0.15) is 53.4 Å². The lowest BCUT2D eigenvalue weighted by molar-refractivity contribution is -0.123. The van der Waals surface area contributed by atoms with Crippen molar-refractivity contribution < 1.29 is 4.79 Å². The van der Waals surface area contributed by atoms with Crippen molar-refractivity contribution in [1.82, 2.24) is 15.5 Å². The summed E-state index contributed by atoms with van der Waals surface area (Å²) in [5, 5.41) is 6.38. The summed E-state index contributed by atoms with van der Waals surface area (Å²) < 4.78 is 0. The zero-order chi connectivity index (χ0) is 14.3. The lowest BCUT2D eigenvalue weighted by Crippen LogP contribution is -2.47. The van der Waals surface area contributed by atoms with Gasteiger partial charge in [-0.1, -0.05) is 20.3 Å². The van der Waals surface area contributed by atoms with Crippen molar-refractivity contribution >= 4 is 5.91 Å². The number of rotatable bonds is 10. The molecule has 1 saturated carbocycles. The topological polar surface area (TPSA) is 44.4 Å². The average Bonchev–Trinajstić information content (AvgIpc) is 3.18. The monoisotopic (exact) mass is 269 g/mol. The Labute approximate surface area is 118 Å². The van der Waals surface area contributed by atoms with Gasteiger partial charge < -0.3 is 10.6 Å². The van der Waals surface area contributed by atoms with Crippen LogP contribution in [0.4, 0.5) is 0 Å². The van der Waals surface area contributed by atoms with Gasteiger partial charge in [-0.3, -0.25) is 9.69 Å². The Balaban J connectivity index is 2.15. The molecule has 19 heavy (non-hydrogen) atoms. The molecule has 2 unspecified atom stereocenters. The van der Waals surface area contributed by atoms with Crippen LogP contribution in [0.5, 0.6) is 0 Å². The second kappa shape index (κ2) is 8.54. The Morgan fingerprint density at radius 3 is 2.53 bits per heavy atom. The van der Waals surface area contributed by atoms with Crippen molar-refractivity contribution in [2.24, 2.45) is 0 Å². The summed E-state index contributed by atoms with van der Waals surface area (Å²) in [6.45, 7) is 11.4. The van der Waals surface area contributed by atoms with Crippen molar-refractivity contribution in [3.05, 3.63) is 0 Å². The minimum atomic E-state index is -0.0998. The van der Waals surface area contributed by atoms with Crippen LogP contribution >= 0.6 is 0 Å². The highest BCUT2D eigenvalue weighted by Gasteiger charge is 2.27. The van der Waals surface area contributed by atoms with Gasteiger partial charge in [0.05, 0.1) is 6.04 Å². The molecule has 4 nitrogen and oxygen atoms in total. The third-order valence-corrected chi connectivity index (χ3v) is 3.82. The van der Waals surface area contributed by atoms with E-state index in [2.05, 4.69) is 36.3 Å². The van der Waals surface area contributed by atoms with Crippen LogP contribution < -0.4 is 10.6 Å². The summed E-state index contributed by atoms with van der Waals surface area (Å²) in [5.74, 6) is 0.121. The normalized spacial score (nSPS) is 18.4. The van der Waals surface area contributed by atoms with Gasteiger partial charge in [0.1, 0.15) is 0 Å². The molecule has 2 atom stereocenters. The molecule has 2 N–H and O–H groups in total. The summed E-state index contributed by atoms with van der Waals surface area (Å²) in [7, 11) is 0. The summed E-state index contributed by atoms with van der Waals surface area (Å²) in [4.78, 5) is 14.4. The van der Waals surface area contributed by atoms with Gasteiger partial charge in [0.25, 0.3) is 0 Å². The van der Waals surface area contributed by atoms with Crippen LogP contribution in [0.25, 0.3) is 0 Å². The van der Waals surface area contributed by atoms with E-state index in [1.807, 2.05) is 6.92 Å². The molecular weight excluding hydrogens is 238 g/mol. The number of nitrogens with zero attached hydrogens (tertiary/aromatic N) is 1. The summed E-state index contributed by atoms with van der Waals surface area (Å²) in [5.41, 5.74) is 0. The molecule has 112 valence electrons. The Kier molecular flexibility index (Phi) is 7.39. The SMILES string of the molecule is CCCC(C)NC(=O)C(C)NCCN(CC)C1CC1. The fourth-order valence-electron chi connectivity index (χ4n) is 2.43. The quantitative estimate of drug-likeness (QED) is 0.635. The molecule has 0 aromatic carbocycles. The van der Waals surface area contributed by atoms with E-state index in [1.165, 1.54) is 12.8 Å². The Hall–Kier alpha value is -0.610. The average molecular weight is 269 g/mol. The van der Waals surface area contributed by atoms with Crippen molar-refractivity contribution in [2.45, 2.75) is 71.5 Å². The van der Waals surface area contributed by atoms with E-state index in [-0.39, 0.29) is 18.0 Å². The zero-order valence-electron chi connectivity index (χ0n) is 13.0. The van der Waals surface area contributed by atoms with Gasteiger partial charge in [-0.25, -0.2) is 0 Å². The number of likely N-dealkylation sites (N-methyl/N-ethyl adjacent to an activating group) is 1. The highest BCUT2D eigenvalue weighted by Crippen LogP contribution is 2.25. The van der Waals surface area contributed by atoms with Crippen LogP contribution in [-0.2, 0) is 4.79 Å². The van der Waals surface area contributed by atoms with Crippen molar-refractivity contribution in [3.63, 3.8) is 0 Å². The second-order valence-corrected chi connectivity index (χ2v) is 5.73. The van der Waals surface area contributed by atoms with E-state index in [4.69, 9.17) is 0 Å². The molecule has 1 aliphatic carbocycles. The maximum Gasteiger partial charge on any atom is 0.237 e. The molecule has 0 aromatic heterocycles. The standard InChI is InChI=1S/C15H31N3O/c1-5-7-12(3)17-15(19)13(4)16-10-11-18(6-2)14-8-9-14/h12-14,16H,5-11H2,1-4H3,(H,17,19). The number of hydrogen-bond acceptors (Lipinski definition) is 3. The number of carbonyl (C=O) groups is 1. The minimum absolute atomic E-state index is 0.0998. The molecule has 0 radical (unpaired) electrons. The van der Waals surface area contributed by atoms with E-state index in [0.717, 1.165) is 38.5 Å². The van der Waals surface area contributed by atoms with Gasteiger partial charge >= 0.3 is 0 Å². The molecule has 1 amide bonds. The maximum atomic E-state index is 11.9. The lowest BCUT2D eigenvalue weighted by Gasteiger charge is -2.22. The van der Waals surface area contributed by atoms with Crippen LogP contribution in [0, 0.1) is 0 Å². The summed E-state index contributed by atoms with van der Waals surface area (Å²) >= 11 is 0. The molecule has 1 fully saturated rings. The maximum absolute atomic E-state index is 11.9. The smallest absolute Gasteiger partial charge is 0.237 e. The van der Waals surface area contributed by atoms with Gasteiger partial charge in [-0.2, -0.15) is 0 Å². The van der Waals surface area contributed by atoms with E-state index in [9.17, 15) is 4.79 Å². The summed E-state index contributed by atoms with van der Waals surface area (Å²) in [6.07, 6.45) is 4.84. The molecule has 0 bridgehead atoms. The van der Waals surface area contributed by atoms with Crippen molar-refractivity contribution in [2.75, 3.05) is 19.6 Å². The lowest BCUT2D eigenvalue weighted by atomic mass is 10.2. The van der Waals surface area contributed by atoms with E-state index in [0.29, 0.717) is 0 Å². The van der Waals surface area contributed by atoms with Gasteiger partial charge in [0.2, 0.25) is 5.91 Å². The molecule has 0 heterocycles. The van der Waals surface area contributed by atoms with Gasteiger partial charge in [0, 0.05) is 25.2 Å². The molecule has 0 saturated heterocycles. The molecular formula is C15H31N3O. The van der Waals surface area contributed by atoms with Crippen LogP contribution in [-0.4, -0.2) is 48.6 Å². The van der Waals surface area contributed by atoms with Crippen LogP contribution in [0.15, 0.2) is 0 Å². The molecule has 0 spiro atoms. The van der Waals surface area contributed by atoms with E-state index in [1.54, 1.807) is 0 Å². The molecule has 0 aliphatic heterocycles. The Morgan fingerprint density at radius 1 is 1.32 bits per heavy atom. The first kappa shape index (κ1) is 16.4. The van der Waals surface area contributed by atoms with Crippen molar-refractivity contribution in [3.8, 4) is 0 Å². The summed E-state index contributed by atoms with van der Waals surface area (Å²) in [6, 6.07) is 0.984. The third kappa shape index (κ3) is 6.39. The molecule has 1 rings (SSSR count). The molecule has 0 aromatic rings. The molecule has 4 heteroatoms. The number of amides is 1. The van der Waals surface area contributed by atoms with Gasteiger partial charge in [-0.15, -0.1) is 0 Å². The second-order valence-electron chi connectivity index (χ2n) is 5.73. The first-order chi connectivity index (χ1) is 9.08. The largest absolute Gasteiger partial charge is 0.352 e. The molecule has 1 aliphatic rings. The Morgan fingerprint density at radius 2 is 2.00 bits per heavy atom.